The highest BCUT2D eigenvalue weighted by Gasteiger charge is 2.30. The zero-order valence-electron chi connectivity index (χ0n) is 11.9. The Balaban J connectivity index is 1.69. The highest BCUT2D eigenvalue weighted by molar-refractivity contribution is 8.02. The van der Waals surface area contributed by atoms with Gasteiger partial charge in [-0.1, -0.05) is 0 Å². The number of thioether (sulfide) groups is 1. The Morgan fingerprint density at radius 2 is 1.86 bits per heavy atom. The lowest BCUT2D eigenvalue weighted by Gasteiger charge is -2.31. The third kappa shape index (κ3) is 5.18. The van der Waals surface area contributed by atoms with E-state index in [1.807, 2.05) is 0 Å². The molecule has 8 heteroatoms. The quantitative estimate of drug-likeness (QED) is 0.792. The zero-order chi connectivity index (χ0) is 15.5. The maximum Gasteiger partial charge on any atom is 0.303 e. The number of hydrogen-bond donors (Lipinski definition) is 1. The topological polar surface area (TPSA) is 91.8 Å². The first kappa shape index (κ1) is 16.6. The molecule has 0 aromatic carbocycles. The van der Waals surface area contributed by atoms with Crippen LogP contribution in [0.15, 0.2) is 0 Å². The number of amides is 1. The highest BCUT2D eigenvalue weighted by atomic mass is 32.2. The molecule has 1 atom stereocenters. The smallest absolute Gasteiger partial charge is 0.303 e. The number of carbonyl (C=O) groups is 2. The fourth-order valence-corrected chi connectivity index (χ4v) is 6.35. The van der Waals surface area contributed by atoms with Crippen LogP contribution in [0.4, 0.5) is 0 Å². The molecule has 120 valence electrons. The molecular formula is C13H21NO5S2. The zero-order valence-corrected chi connectivity index (χ0v) is 13.5. The van der Waals surface area contributed by atoms with Gasteiger partial charge in [-0.2, -0.15) is 0 Å². The molecule has 0 saturated carbocycles. The van der Waals surface area contributed by atoms with Gasteiger partial charge < -0.3 is 10.0 Å². The second kappa shape index (κ2) is 7.00. The van der Waals surface area contributed by atoms with Gasteiger partial charge in [0, 0.05) is 24.8 Å². The first-order valence-electron chi connectivity index (χ1n) is 7.17. The molecule has 0 spiro atoms. The molecule has 1 N–H and O–H groups in total. The standard InChI is InChI=1S/C13H21NO5S2/c15-12(8-20-11-3-6-21(18,19)9-11)14-4-1-10(2-5-14)7-13(16)17/h10-11H,1-9H2,(H,16,17). The number of carboxylic acid groups (broad SMARTS) is 1. The number of nitrogens with zero attached hydrogens (tertiary/aromatic N) is 1. The van der Waals surface area contributed by atoms with Gasteiger partial charge in [0.1, 0.15) is 0 Å². The van der Waals surface area contributed by atoms with Gasteiger partial charge in [-0.25, -0.2) is 8.42 Å². The monoisotopic (exact) mass is 335 g/mol. The van der Waals surface area contributed by atoms with Crippen LogP contribution in [0, 0.1) is 5.92 Å². The van der Waals surface area contributed by atoms with Crippen molar-refractivity contribution in [1.29, 1.82) is 0 Å². The molecule has 2 saturated heterocycles. The van der Waals surface area contributed by atoms with E-state index in [0.717, 1.165) is 12.8 Å². The molecule has 1 unspecified atom stereocenters. The lowest BCUT2D eigenvalue weighted by atomic mass is 9.94. The van der Waals surface area contributed by atoms with Crippen molar-refractivity contribution in [3.05, 3.63) is 0 Å². The van der Waals surface area contributed by atoms with Crippen molar-refractivity contribution >= 4 is 33.5 Å². The van der Waals surface area contributed by atoms with Crippen LogP contribution in [-0.4, -0.2) is 65.9 Å². The number of aliphatic carboxylic acids is 1. The van der Waals surface area contributed by atoms with Crippen molar-refractivity contribution in [2.24, 2.45) is 5.92 Å². The first-order valence-corrected chi connectivity index (χ1v) is 10.0. The van der Waals surface area contributed by atoms with Crippen molar-refractivity contribution in [3.63, 3.8) is 0 Å². The third-order valence-corrected chi connectivity index (χ3v) is 7.33. The van der Waals surface area contributed by atoms with Crippen LogP contribution in [0.5, 0.6) is 0 Å². The van der Waals surface area contributed by atoms with Gasteiger partial charge in [0.2, 0.25) is 5.91 Å². The summed E-state index contributed by atoms with van der Waals surface area (Å²) >= 11 is 1.44. The van der Waals surface area contributed by atoms with Crippen molar-refractivity contribution in [3.8, 4) is 0 Å². The number of carboxylic acids is 1. The number of rotatable bonds is 5. The van der Waals surface area contributed by atoms with Gasteiger partial charge in [-0.05, 0) is 25.2 Å². The molecule has 0 aliphatic carbocycles. The number of hydrogen-bond acceptors (Lipinski definition) is 5. The maximum atomic E-state index is 12.1. The van der Waals surface area contributed by atoms with Crippen LogP contribution in [0.25, 0.3) is 0 Å². The van der Waals surface area contributed by atoms with E-state index in [0.29, 0.717) is 25.3 Å². The third-order valence-electron chi connectivity index (χ3n) is 4.06. The summed E-state index contributed by atoms with van der Waals surface area (Å²) in [6.07, 6.45) is 2.29. The van der Waals surface area contributed by atoms with E-state index in [4.69, 9.17) is 5.11 Å². The minimum atomic E-state index is -2.89. The molecule has 2 heterocycles. The summed E-state index contributed by atoms with van der Waals surface area (Å²) in [6, 6.07) is 0. The van der Waals surface area contributed by atoms with E-state index < -0.39 is 15.8 Å². The predicted molar refractivity (Wildman–Crippen MR) is 81.1 cm³/mol. The summed E-state index contributed by atoms with van der Waals surface area (Å²) in [6.45, 7) is 1.22. The van der Waals surface area contributed by atoms with Gasteiger partial charge in [0.05, 0.1) is 17.3 Å². The molecule has 0 aromatic heterocycles. The number of sulfone groups is 1. The van der Waals surface area contributed by atoms with Crippen molar-refractivity contribution in [1.82, 2.24) is 4.90 Å². The molecule has 6 nitrogen and oxygen atoms in total. The van der Waals surface area contributed by atoms with Crippen LogP contribution >= 0.6 is 11.8 Å². The van der Waals surface area contributed by atoms with Crippen molar-refractivity contribution in [2.45, 2.75) is 30.9 Å². The Morgan fingerprint density at radius 3 is 2.38 bits per heavy atom. The van der Waals surface area contributed by atoms with Gasteiger partial charge in [-0.3, -0.25) is 9.59 Å². The molecule has 2 aliphatic rings. The fraction of sp³-hybridized carbons (Fsp3) is 0.846. The van der Waals surface area contributed by atoms with E-state index in [1.54, 1.807) is 4.90 Å². The van der Waals surface area contributed by atoms with Gasteiger partial charge in [-0.15, -0.1) is 11.8 Å². The molecule has 21 heavy (non-hydrogen) atoms. The molecule has 0 radical (unpaired) electrons. The van der Waals surface area contributed by atoms with Crippen molar-refractivity contribution < 1.29 is 23.1 Å². The summed E-state index contributed by atoms with van der Waals surface area (Å²) in [5.74, 6) is 0.171. The van der Waals surface area contributed by atoms with Crippen LogP contribution in [0.1, 0.15) is 25.7 Å². The average molecular weight is 335 g/mol. The molecule has 1 amide bonds. The molecule has 2 rings (SSSR count). The summed E-state index contributed by atoms with van der Waals surface area (Å²) in [5, 5.41) is 8.80. The SMILES string of the molecule is O=C(O)CC1CCN(C(=O)CSC2CCS(=O)(=O)C2)CC1. The number of likely N-dealkylation sites (tertiary alicyclic amines) is 1. The lowest BCUT2D eigenvalue weighted by Crippen LogP contribution is -2.40. The molecular weight excluding hydrogens is 314 g/mol. The Labute approximate surface area is 129 Å². The Hall–Kier alpha value is -0.760. The van der Waals surface area contributed by atoms with E-state index in [9.17, 15) is 18.0 Å². The Morgan fingerprint density at radius 1 is 1.19 bits per heavy atom. The van der Waals surface area contributed by atoms with Gasteiger partial charge in [0.15, 0.2) is 9.84 Å². The van der Waals surface area contributed by atoms with Gasteiger partial charge >= 0.3 is 5.97 Å². The summed E-state index contributed by atoms with van der Waals surface area (Å²) < 4.78 is 22.7. The minimum absolute atomic E-state index is 0.0399. The summed E-state index contributed by atoms with van der Waals surface area (Å²) in [7, 11) is -2.89. The van der Waals surface area contributed by atoms with Crippen LogP contribution in [0.3, 0.4) is 0 Å². The average Bonchev–Trinajstić information content (AvgIpc) is 2.76. The van der Waals surface area contributed by atoms with Crippen LogP contribution in [-0.2, 0) is 19.4 Å². The maximum absolute atomic E-state index is 12.1. The molecule has 0 aromatic rings. The Kier molecular flexibility index (Phi) is 5.54. The molecule has 2 fully saturated rings. The number of piperidine rings is 1. The molecule has 0 bridgehead atoms. The molecule has 2 aliphatic heterocycles. The van der Waals surface area contributed by atoms with E-state index in [2.05, 4.69) is 0 Å². The largest absolute Gasteiger partial charge is 0.481 e. The number of carbonyl (C=O) groups excluding carboxylic acids is 1. The normalized spacial score (nSPS) is 25.9. The minimum Gasteiger partial charge on any atom is -0.481 e. The fourth-order valence-electron chi connectivity index (χ4n) is 2.81. The van der Waals surface area contributed by atoms with E-state index in [1.165, 1.54) is 11.8 Å². The predicted octanol–water partition coefficient (Wildman–Crippen LogP) is 0.620. The second-order valence-corrected chi connectivity index (χ2v) is 9.28. The lowest BCUT2D eigenvalue weighted by molar-refractivity contribution is -0.138. The van der Waals surface area contributed by atoms with E-state index in [-0.39, 0.29) is 35.0 Å². The van der Waals surface area contributed by atoms with Crippen LogP contribution in [0.2, 0.25) is 0 Å². The highest BCUT2D eigenvalue weighted by Crippen LogP contribution is 2.26. The van der Waals surface area contributed by atoms with Gasteiger partial charge in [0.25, 0.3) is 0 Å². The first-order chi connectivity index (χ1) is 9.85. The second-order valence-electron chi connectivity index (χ2n) is 5.76. The Bertz CT molecular complexity index is 497. The summed E-state index contributed by atoms with van der Waals surface area (Å²) in [4.78, 5) is 24.5. The summed E-state index contributed by atoms with van der Waals surface area (Å²) in [5.41, 5.74) is 0. The van der Waals surface area contributed by atoms with Crippen molar-refractivity contribution in [2.75, 3.05) is 30.3 Å². The van der Waals surface area contributed by atoms with Crippen LogP contribution < -0.4 is 0 Å². The van der Waals surface area contributed by atoms with E-state index >= 15 is 0 Å².